The van der Waals surface area contributed by atoms with Crippen LogP contribution in [0.4, 0.5) is 9.18 Å². The SMILES string of the molecule is CC(C)(CN1C(=O)C2Cc3c(n(Cc4ccc(F)cc4)c4ncccc34)CN2C1=O)C(=O)O. The summed E-state index contributed by atoms with van der Waals surface area (Å²) in [5.74, 6) is -1.76. The van der Waals surface area contributed by atoms with E-state index in [1.54, 1.807) is 18.3 Å². The number of hydrogen-bond acceptors (Lipinski definition) is 4. The Kier molecular flexibility index (Phi) is 4.73. The number of fused-ring (bicyclic) bond motifs is 4. The molecule has 2 aliphatic heterocycles. The highest BCUT2D eigenvalue weighted by Crippen LogP contribution is 2.37. The van der Waals surface area contributed by atoms with Crippen molar-refractivity contribution in [2.75, 3.05) is 6.54 Å². The molecule has 1 N–H and O–H groups in total. The van der Waals surface area contributed by atoms with Crippen molar-refractivity contribution in [2.24, 2.45) is 5.41 Å². The number of nitrogens with zero attached hydrogens (tertiary/aromatic N) is 4. The van der Waals surface area contributed by atoms with Crippen molar-refractivity contribution in [1.29, 1.82) is 0 Å². The Balaban J connectivity index is 1.53. The molecule has 0 spiro atoms. The average Bonchev–Trinajstić information content (AvgIpc) is 3.21. The molecule has 0 radical (unpaired) electrons. The molecule has 33 heavy (non-hydrogen) atoms. The normalized spacial score (nSPS) is 18.1. The van der Waals surface area contributed by atoms with Gasteiger partial charge in [-0.15, -0.1) is 0 Å². The zero-order valence-electron chi connectivity index (χ0n) is 18.3. The van der Waals surface area contributed by atoms with Gasteiger partial charge in [0.05, 0.1) is 12.0 Å². The highest BCUT2D eigenvalue weighted by molar-refractivity contribution is 6.05. The number of aromatic nitrogens is 2. The molecule has 3 amide bonds. The zero-order valence-corrected chi connectivity index (χ0v) is 18.3. The van der Waals surface area contributed by atoms with E-state index in [4.69, 9.17) is 0 Å². The highest BCUT2D eigenvalue weighted by atomic mass is 19.1. The summed E-state index contributed by atoms with van der Waals surface area (Å²) >= 11 is 0. The number of carboxylic acid groups (broad SMARTS) is 1. The number of imide groups is 1. The molecule has 9 heteroatoms. The maximum atomic E-state index is 13.4. The van der Waals surface area contributed by atoms with E-state index in [-0.39, 0.29) is 24.8 Å². The van der Waals surface area contributed by atoms with Gasteiger partial charge in [0, 0.05) is 36.8 Å². The van der Waals surface area contributed by atoms with E-state index in [0.717, 1.165) is 32.8 Å². The van der Waals surface area contributed by atoms with Crippen molar-refractivity contribution in [2.45, 2.75) is 39.4 Å². The van der Waals surface area contributed by atoms with Crippen LogP contribution in [0.5, 0.6) is 0 Å². The van der Waals surface area contributed by atoms with Crippen LogP contribution in [0.25, 0.3) is 11.0 Å². The minimum Gasteiger partial charge on any atom is -0.481 e. The van der Waals surface area contributed by atoms with Crippen molar-refractivity contribution >= 4 is 28.9 Å². The van der Waals surface area contributed by atoms with Crippen LogP contribution in [0.1, 0.15) is 30.7 Å². The van der Waals surface area contributed by atoms with Crippen LogP contribution >= 0.6 is 0 Å². The number of carboxylic acids is 1. The van der Waals surface area contributed by atoms with E-state index >= 15 is 0 Å². The molecule has 0 saturated carbocycles. The van der Waals surface area contributed by atoms with E-state index in [9.17, 15) is 23.9 Å². The number of pyridine rings is 1. The van der Waals surface area contributed by atoms with Crippen LogP contribution in [-0.2, 0) is 29.1 Å². The van der Waals surface area contributed by atoms with Crippen LogP contribution < -0.4 is 0 Å². The minimum atomic E-state index is -1.25. The molecular formula is C24H23FN4O4. The molecule has 2 aromatic heterocycles. The van der Waals surface area contributed by atoms with E-state index in [1.165, 1.54) is 30.9 Å². The Morgan fingerprint density at radius 1 is 1.21 bits per heavy atom. The van der Waals surface area contributed by atoms with Gasteiger partial charge < -0.3 is 14.6 Å². The summed E-state index contributed by atoms with van der Waals surface area (Å²) in [6.45, 7) is 3.47. The molecule has 4 heterocycles. The summed E-state index contributed by atoms with van der Waals surface area (Å²) in [5, 5.41) is 10.4. The smallest absolute Gasteiger partial charge is 0.327 e. The summed E-state index contributed by atoms with van der Waals surface area (Å²) < 4.78 is 15.4. The summed E-state index contributed by atoms with van der Waals surface area (Å²) in [7, 11) is 0. The molecular weight excluding hydrogens is 427 g/mol. The number of rotatable bonds is 5. The first kappa shape index (κ1) is 21.1. The molecule has 1 aromatic carbocycles. The van der Waals surface area contributed by atoms with Gasteiger partial charge >= 0.3 is 12.0 Å². The lowest BCUT2D eigenvalue weighted by Gasteiger charge is -2.28. The van der Waals surface area contributed by atoms with E-state index in [1.807, 2.05) is 16.7 Å². The third-order valence-electron chi connectivity index (χ3n) is 6.55. The largest absolute Gasteiger partial charge is 0.481 e. The van der Waals surface area contributed by atoms with Gasteiger partial charge in [-0.05, 0) is 49.2 Å². The molecule has 170 valence electrons. The predicted octanol–water partition coefficient (Wildman–Crippen LogP) is 3.02. The number of amides is 3. The van der Waals surface area contributed by atoms with Gasteiger partial charge in [-0.2, -0.15) is 0 Å². The van der Waals surface area contributed by atoms with Crippen molar-refractivity contribution in [3.05, 3.63) is 65.2 Å². The lowest BCUT2D eigenvalue weighted by atomic mass is 9.93. The van der Waals surface area contributed by atoms with Crippen LogP contribution in [-0.4, -0.2) is 55.0 Å². The second-order valence-corrected chi connectivity index (χ2v) is 9.26. The van der Waals surface area contributed by atoms with Gasteiger partial charge in [0.25, 0.3) is 5.91 Å². The third-order valence-corrected chi connectivity index (χ3v) is 6.55. The van der Waals surface area contributed by atoms with Crippen LogP contribution in [0, 0.1) is 11.2 Å². The molecule has 0 bridgehead atoms. The Labute approximate surface area is 189 Å². The van der Waals surface area contributed by atoms with Crippen molar-refractivity contribution in [1.82, 2.24) is 19.4 Å². The van der Waals surface area contributed by atoms with Crippen molar-refractivity contribution in [3.63, 3.8) is 0 Å². The molecule has 1 fully saturated rings. The topological polar surface area (TPSA) is 95.7 Å². The summed E-state index contributed by atoms with van der Waals surface area (Å²) in [6, 6.07) is 8.87. The number of carbonyl (C=O) groups excluding carboxylic acids is 2. The highest BCUT2D eigenvalue weighted by Gasteiger charge is 2.50. The second-order valence-electron chi connectivity index (χ2n) is 9.26. The van der Waals surface area contributed by atoms with Gasteiger partial charge in [0.15, 0.2) is 0 Å². The summed E-state index contributed by atoms with van der Waals surface area (Å²) in [6.07, 6.45) is 2.03. The summed E-state index contributed by atoms with van der Waals surface area (Å²) in [5.41, 5.74) is 2.22. The van der Waals surface area contributed by atoms with Gasteiger partial charge in [-0.3, -0.25) is 14.5 Å². The van der Waals surface area contributed by atoms with Gasteiger partial charge in [-0.1, -0.05) is 12.1 Å². The molecule has 1 saturated heterocycles. The average molecular weight is 450 g/mol. The maximum absolute atomic E-state index is 13.4. The predicted molar refractivity (Wildman–Crippen MR) is 117 cm³/mol. The number of halogens is 1. The van der Waals surface area contributed by atoms with Crippen molar-refractivity contribution in [3.8, 4) is 0 Å². The number of aliphatic carboxylic acids is 1. The fourth-order valence-electron chi connectivity index (χ4n) is 4.68. The first-order chi connectivity index (χ1) is 15.7. The molecule has 2 aliphatic rings. The van der Waals surface area contributed by atoms with E-state index in [2.05, 4.69) is 4.98 Å². The Bertz CT molecular complexity index is 1300. The molecule has 0 aliphatic carbocycles. The Morgan fingerprint density at radius 2 is 1.94 bits per heavy atom. The van der Waals surface area contributed by atoms with Crippen LogP contribution in [0.2, 0.25) is 0 Å². The number of carbonyl (C=O) groups is 3. The molecule has 5 rings (SSSR count). The first-order valence-electron chi connectivity index (χ1n) is 10.7. The molecule has 1 atom stereocenters. The fraction of sp³-hybridized carbons (Fsp3) is 0.333. The lowest BCUT2D eigenvalue weighted by molar-refractivity contribution is -0.148. The fourth-order valence-corrected chi connectivity index (χ4v) is 4.68. The van der Waals surface area contributed by atoms with Gasteiger partial charge in [0.1, 0.15) is 17.5 Å². The monoisotopic (exact) mass is 450 g/mol. The number of benzene rings is 1. The second kappa shape index (κ2) is 7.40. The number of hydrogen-bond donors (Lipinski definition) is 1. The van der Waals surface area contributed by atoms with Crippen molar-refractivity contribution < 1.29 is 23.9 Å². The van der Waals surface area contributed by atoms with Crippen LogP contribution in [0.3, 0.4) is 0 Å². The Morgan fingerprint density at radius 3 is 2.64 bits per heavy atom. The molecule has 1 unspecified atom stereocenters. The van der Waals surface area contributed by atoms with E-state index < -0.39 is 23.5 Å². The molecule has 8 nitrogen and oxygen atoms in total. The zero-order chi connectivity index (χ0) is 23.5. The number of urea groups is 1. The van der Waals surface area contributed by atoms with E-state index in [0.29, 0.717) is 13.0 Å². The Hall–Kier alpha value is -3.75. The quantitative estimate of drug-likeness (QED) is 0.603. The third kappa shape index (κ3) is 3.35. The standard InChI is InChI=1S/C24H23FN4O4/c1-24(2,22(31)32)13-29-21(30)18-10-17-16-4-3-9-26-20(16)27(19(17)12-28(18)23(29)33)11-14-5-7-15(25)8-6-14/h3-9,18H,10-13H2,1-2H3,(H,31,32). The maximum Gasteiger partial charge on any atom is 0.327 e. The van der Waals surface area contributed by atoms with Gasteiger partial charge in [-0.25, -0.2) is 14.2 Å². The first-order valence-corrected chi connectivity index (χ1v) is 10.7. The van der Waals surface area contributed by atoms with Gasteiger partial charge in [0.2, 0.25) is 0 Å². The van der Waals surface area contributed by atoms with Crippen LogP contribution in [0.15, 0.2) is 42.6 Å². The minimum absolute atomic E-state index is 0.185. The lowest BCUT2D eigenvalue weighted by Crippen LogP contribution is -2.43. The molecule has 3 aromatic rings. The summed E-state index contributed by atoms with van der Waals surface area (Å²) in [4.78, 5) is 45.0.